The molecule has 1 aromatic carbocycles. The normalized spacial score (nSPS) is 45.0. The Kier molecular flexibility index (Phi) is 5.14. The summed E-state index contributed by atoms with van der Waals surface area (Å²) in [5.74, 6) is 0.466. The maximum atomic E-state index is 12.9. The summed E-state index contributed by atoms with van der Waals surface area (Å²) in [5.41, 5.74) is 1.76. The average Bonchev–Trinajstić information content (AvgIpc) is 3.44. The fraction of sp³-hybridized carbons (Fsp3) is 0.688. The zero-order valence-corrected chi connectivity index (χ0v) is 23.6. The van der Waals surface area contributed by atoms with Crippen LogP contribution in [0.5, 0.6) is 0 Å². The Morgan fingerprint density at radius 3 is 2.71 bits per heavy atom. The zero-order valence-electron chi connectivity index (χ0n) is 23.6. The molecule has 7 rings (SSSR count). The van der Waals surface area contributed by atoms with Crippen molar-refractivity contribution in [2.24, 2.45) is 11.3 Å². The van der Waals surface area contributed by atoms with E-state index in [0.717, 1.165) is 25.7 Å². The van der Waals surface area contributed by atoms with E-state index in [0.29, 0.717) is 18.9 Å². The van der Waals surface area contributed by atoms with Gasteiger partial charge in [-0.15, -0.1) is 0 Å². The minimum absolute atomic E-state index is 0.223. The summed E-state index contributed by atoms with van der Waals surface area (Å²) in [5, 5.41) is 25.8. The molecule has 3 aliphatic carbocycles. The van der Waals surface area contributed by atoms with Crippen molar-refractivity contribution in [3.63, 3.8) is 0 Å². The van der Waals surface area contributed by atoms with E-state index >= 15 is 0 Å². The summed E-state index contributed by atoms with van der Waals surface area (Å²) in [6, 6.07) is 8.59. The monoisotopic (exact) mass is 521 g/mol. The number of hydrogen-bond donors (Lipinski definition) is 3. The molecule has 6 nitrogen and oxygen atoms in total. The number of aromatic amines is 1. The van der Waals surface area contributed by atoms with Crippen LogP contribution in [-0.4, -0.2) is 63.0 Å². The fourth-order valence-corrected chi connectivity index (χ4v) is 9.47. The Morgan fingerprint density at radius 2 is 1.95 bits per heavy atom. The van der Waals surface area contributed by atoms with Gasteiger partial charge in [0.25, 0.3) is 0 Å². The van der Waals surface area contributed by atoms with Gasteiger partial charge in [0.05, 0.1) is 18.3 Å². The van der Waals surface area contributed by atoms with Crippen LogP contribution in [0.15, 0.2) is 35.9 Å². The first-order chi connectivity index (χ1) is 17.9. The lowest BCUT2D eigenvalue weighted by Crippen LogP contribution is -2.76. The maximum Gasteiger partial charge on any atom is 0.152 e. The molecule has 4 fully saturated rings. The maximum absolute atomic E-state index is 12.9. The number of nitrogens with one attached hydrogen (secondary N) is 1. The summed E-state index contributed by atoms with van der Waals surface area (Å²) in [6.45, 7) is 13.2. The molecule has 2 aliphatic heterocycles. The Bertz CT molecular complexity index is 1330. The molecular formula is C32H43NO5. The number of fused-ring (bicyclic) bond motifs is 7. The third-order valence-corrected chi connectivity index (χ3v) is 11.8. The molecule has 2 aromatic rings. The summed E-state index contributed by atoms with van der Waals surface area (Å²) >= 11 is 0. The molecule has 5 aliphatic rings. The van der Waals surface area contributed by atoms with E-state index in [4.69, 9.17) is 14.2 Å². The van der Waals surface area contributed by atoms with Crippen LogP contribution in [0.25, 0.3) is 10.9 Å². The highest BCUT2D eigenvalue weighted by atomic mass is 16.7. The molecule has 2 saturated carbocycles. The molecule has 38 heavy (non-hydrogen) atoms. The van der Waals surface area contributed by atoms with Crippen molar-refractivity contribution in [3.8, 4) is 0 Å². The largest absolute Gasteiger partial charge is 0.387 e. The van der Waals surface area contributed by atoms with E-state index in [-0.39, 0.29) is 11.5 Å². The molecule has 1 aromatic heterocycles. The highest BCUT2D eigenvalue weighted by Crippen LogP contribution is 2.75. The number of ether oxygens (including phenoxy) is 3. The fourth-order valence-electron chi connectivity index (χ4n) is 9.47. The second kappa shape index (κ2) is 7.73. The van der Waals surface area contributed by atoms with Crippen molar-refractivity contribution in [1.29, 1.82) is 0 Å². The smallest absolute Gasteiger partial charge is 0.152 e. The standard InChI is InChI=1S/C32H43NO5/c1-18(2)13-16-36-28(3,4)26-24(34)27-32(38-27)23(37-26)12-14-29(5)30(6)19(11-15-31(29,32)35)17-21-20-9-7-8-10-22(20)33-25(21)30/h7-10,13,19,23-24,26-27,33-35H,11-12,14-17H2,1-6H3/t19-,23-,24+,26-,27+,29+,30-,31-,32-/m0/s1. The number of aromatic nitrogens is 1. The van der Waals surface area contributed by atoms with Gasteiger partial charge in [-0.05, 0) is 77.3 Å². The van der Waals surface area contributed by atoms with E-state index in [9.17, 15) is 10.2 Å². The van der Waals surface area contributed by atoms with E-state index in [1.54, 1.807) is 0 Å². The highest BCUT2D eigenvalue weighted by molar-refractivity contribution is 5.86. The highest BCUT2D eigenvalue weighted by Gasteiger charge is 2.86. The van der Waals surface area contributed by atoms with Gasteiger partial charge in [-0.25, -0.2) is 0 Å². The molecule has 2 saturated heterocycles. The topological polar surface area (TPSA) is 87.2 Å². The lowest BCUT2D eigenvalue weighted by Gasteiger charge is -2.66. The van der Waals surface area contributed by atoms with Crippen molar-refractivity contribution in [2.45, 2.75) is 120 Å². The molecule has 0 radical (unpaired) electrons. The van der Waals surface area contributed by atoms with Crippen molar-refractivity contribution >= 4 is 10.9 Å². The predicted octanol–water partition coefficient (Wildman–Crippen LogP) is 4.95. The minimum Gasteiger partial charge on any atom is -0.387 e. The van der Waals surface area contributed by atoms with Gasteiger partial charge in [0, 0.05) is 27.4 Å². The molecule has 9 atom stereocenters. The van der Waals surface area contributed by atoms with Crippen LogP contribution in [0.4, 0.5) is 0 Å². The number of hydrogen-bond acceptors (Lipinski definition) is 5. The Morgan fingerprint density at radius 1 is 1.18 bits per heavy atom. The Labute approximate surface area is 225 Å². The number of aliphatic hydroxyl groups is 2. The van der Waals surface area contributed by atoms with Gasteiger partial charge in [0.1, 0.15) is 23.9 Å². The number of para-hydroxylation sites is 1. The van der Waals surface area contributed by atoms with Crippen molar-refractivity contribution < 1.29 is 24.4 Å². The summed E-state index contributed by atoms with van der Waals surface area (Å²) in [6.07, 6.45) is 4.21. The quantitative estimate of drug-likeness (QED) is 0.392. The van der Waals surface area contributed by atoms with Crippen LogP contribution in [-0.2, 0) is 26.0 Å². The molecule has 206 valence electrons. The minimum atomic E-state index is -1.10. The van der Waals surface area contributed by atoms with Crippen LogP contribution in [0.2, 0.25) is 0 Å². The van der Waals surface area contributed by atoms with Crippen molar-refractivity contribution in [2.75, 3.05) is 6.61 Å². The van der Waals surface area contributed by atoms with Crippen LogP contribution in [0.1, 0.15) is 78.5 Å². The summed E-state index contributed by atoms with van der Waals surface area (Å²) < 4.78 is 19.4. The van der Waals surface area contributed by atoms with E-state index in [2.05, 4.69) is 43.1 Å². The predicted molar refractivity (Wildman–Crippen MR) is 146 cm³/mol. The SMILES string of the molecule is CC(C)=CCOC(C)(C)[C@H]1O[C@H]2CC[C@@]3(C)[C@@](O)(CC[C@H]4Cc5c([nH]c6ccccc56)[C@]43C)[C@]23O[C@@H]3[C@@H]1O. The molecule has 0 unspecified atom stereocenters. The number of aliphatic hydroxyl groups excluding tert-OH is 1. The number of H-pyrrole nitrogens is 1. The first-order valence-corrected chi connectivity index (χ1v) is 14.5. The van der Waals surface area contributed by atoms with Gasteiger partial charge in [-0.3, -0.25) is 0 Å². The van der Waals surface area contributed by atoms with Gasteiger partial charge in [0.2, 0.25) is 0 Å². The molecule has 6 heteroatoms. The summed E-state index contributed by atoms with van der Waals surface area (Å²) in [4.78, 5) is 3.80. The van der Waals surface area contributed by atoms with Crippen LogP contribution in [0.3, 0.4) is 0 Å². The molecule has 3 N–H and O–H groups in total. The second-order valence-electron chi connectivity index (χ2n) is 14.0. The lowest BCUT2D eigenvalue weighted by atomic mass is 9.40. The molecular weight excluding hydrogens is 478 g/mol. The molecule has 1 spiro atoms. The first-order valence-electron chi connectivity index (χ1n) is 14.5. The van der Waals surface area contributed by atoms with Gasteiger partial charge in [-0.1, -0.05) is 43.7 Å². The Balaban J connectivity index is 1.25. The number of rotatable bonds is 4. The van der Waals surface area contributed by atoms with Gasteiger partial charge in [-0.2, -0.15) is 0 Å². The van der Waals surface area contributed by atoms with Crippen molar-refractivity contribution in [1.82, 2.24) is 4.98 Å². The van der Waals surface area contributed by atoms with Crippen LogP contribution in [0, 0.1) is 11.3 Å². The lowest BCUT2D eigenvalue weighted by molar-refractivity contribution is -0.283. The van der Waals surface area contributed by atoms with E-state index in [1.165, 1.54) is 27.7 Å². The zero-order chi connectivity index (χ0) is 26.9. The summed E-state index contributed by atoms with van der Waals surface area (Å²) in [7, 11) is 0. The van der Waals surface area contributed by atoms with E-state index < -0.39 is 40.5 Å². The third-order valence-electron chi connectivity index (χ3n) is 11.8. The van der Waals surface area contributed by atoms with Gasteiger partial charge in [0.15, 0.2) is 5.60 Å². The van der Waals surface area contributed by atoms with Crippen LogP contribution < -0.4 is 0 Å². The third kappa shape index (κ3) is 2.81. The Hall–Kier alpha value is -1.70. The van der Waals surface area contributed by atoms with Gasteiger partial charge < -0.3 is 29.4 Å². The molecule has 0 bridgehead atoms. The van der Waals surface area contributed by atoms with E-state index in [1.807, 2.05) is 33.8 Å². The second-order valence-corrected chi connectivity index (χ2v) is 14.0. The number of allylic oxidation sites excluding steroid dienone is 1. The molecule has 3 heterocycles. The van der Waals surface area contributed by atoms with Crippen LogP contribution >= 0.6 is 0 Å². The van der Waals surface area contributed by atoms with Gasteiger partial charge >= 0.3 is 0 Å². The number of benzene rings is 1. The van der Waals surface area contributed by atoms with Crippen molar-refractivity contribution in [3.05, 3.63) is 47.2 Å². The molecule has 0 amide bonds. The average molecular weight is 522 g/mol. The first kappa shape index (κ1) is 25.3. The number of epoxide rings is 1.